The van der Waals surface area contributed by atoms with E-state index in [1.54, 1.807) is 11.8 Å². The van der Waals surface area contributed by atoms with Gasteiger partial charge in [0, 0.05) is 18.8 Å². The van der Waals surface area contributed by atoms with Crippen molar-refractivity contribution in [3.05, 3.63) is 35.9 Å². The summed E-state index contributed by atoms with van der Waals surface area (Å²) in [7, 11) is 4.00. The lowest BCUT2D eigenvalue weighted by atomic mass is 10.2. The Labute approximate surface area is 114 Å². The molecule has 0 aromatic heterocycles. The minimum absolute atomic E-state index is 0.00707. The van der Waals surface area contributed by atoms with E-state index in [-0.39, 0.29) is 11.2 Å². The maximum atomic E-state index is 11.8. The van der Waals surface area contributed by atoms with Crippen molar-refractivity contribution < 1.29 is 4.79 Å². The number of carbonyl (C=O) groups is 1. The summed E-state index contributed by atoms with van der Waals surface area (Å²) in [6, 6.07) is 10.2. The molecule has 0 aliphatic heterocycles. The molecule has 1 rings (SSSR count). The molecule has 1 atom stereocenters. The summed E-state index contributed by atoms with van der Waals surface area (Å²) in [6.07, 6.45) is 0. The van der Waals surface area contributed by atoms with Crippen molar-refractivity contribution in [1.29, 1.82) is 0 Å². The second kappa shape index (κ2) is 8.16. The standard InChI is InChI=1S/C14H22N2OS/c1-12(14(17)15-9-10-16(2)3)18-11-13-7-5-4-6-8-13/h4-8,12H,9-11H2,1-3H3,(H,15,17)/t12-/m1/s1. The van der Waals surface area contributed by atoms with Gasteiger partial charge in [-0.05, 0) is 26.6 Å². The lowest BCUT2D eigenvalue weighted by Crippen LogP contribution is -2.35. The molecule has 0 aliphatic carbocycles. The van der Waals surface area contributed by atoms with Crippen LogP contribution in [0.15, 0.2) is 30.3 Å². The molecule has 1 amide bonds. The number of amides is 1. The Balaban J connectivity index is 2.23. The van der Waals surface area contributed by atoms with E-state index < -0.39 is 0 Å². The zero-order valence-corrected chi connectivity index (χ0v) is 12.2. The number of hydrogen-bond acceptors (Lipinski definition) is 3. The third-order valence-electron chi connectivity index (χ3n) is 2.57. The molecule has 0 aliphatic rings. The van der Waals surface area contributed by atoms with Crippen LogP contribution < -0.4 is 5.32 Å². The maximum Gasteiger partial charge on any atom is 0.232 e. The van der Waals surface area contributed by atoms with Crippen molar-refractivity contribution in [1.82, 2.24) is 10.2 Å². The van der Waals surface area contributed by atoms with Crippen molar-refractivity contribution in [3.63, 3.8) is 0 Å². The second-order valence-electron chi connectivity index (χ2n) is 4.53. The predicted molar refractivity (Wildman–Crippen MR) is 78.8 cm³/mol. The number of benzene rings is 1. The van der Waals surface area contributed by atoms with Crippen molar-refractivity contribution in [2.24, 2.45) is 0 Å². The Kier molecular flexibility index (Phi) is 6.83. The monoisotopic (exact) mass is 266 g/mol. The number of hydrogen-bond donors (Lipinski definition) is 1. The van der Waals surface area contributed by atoms with Gasteiger partial charge in [0.05, 0.1) is 5.25 Å². The van der Waals surface area contributed by atoms with Gasteiger partial charge in [-0.2, -0.15) is 0 Å². The van der Waals surface area contributed by atoms with Crippen LogP contribution in [0, 0.1) is 0 Å². The predicted octanol–water partition coefficient (Wildman–Crippen LogP) is 1.99. The molecule has 0 saturated carbocycles. The minimum atomic E-state index is -0.00707. The third kappa shape index (κ3) is 6.07. The Morgan fingerprint density at radius 1 is 1.33 bits per heavy atom. The van der Waals surface area contributed by atoms with Crippen LogP contribution in [0.2, 0.25) is 0 Å². The lowest BCUT2D eigenvalue weighted by molar-refractivity contribution is -0.120. The molecule has 18 heavy (non-hydrogen) atoms. The van der Waals surface area contributed by atoms with Crippen LogP contribution in [-0.2, 0) is 10.5 Å². The quantitative estimate of drug-likeness (QED) is 0.819. The van der Waals surface area contributed by atoms with E-state index in [0.29, 0.717) is 6.54 Å². The van der Waals surface area contributed by atoms with E-state index in [1.165, 1.54) is 5.56 Å². The molecule has 1 aromatic rings. The van der Waals surface area contributed by atoms with Crippen LogP contribution in [0.5, 0.6) is 0 Å². The van der Waals surface area contributed by atoms with E-state index in [9.17, 15) is 4.79 Å². The van der Waals surface area contributed by atoms with E-state index in [2.05, 4.69) is 22.3 Å². The summed E-state index contributed by atoms with van der Waals surface area (Å²) in [6.45, 7) is 3.54. The summed E-state index contributed by atoms with van der Waals surface area (Å²) >= 11 is 1.67. The highest BCUT2D eigenvalue weighted by atomic mass is 32.2. The molecule has 0 spiro atoms. The first-order chi connectivity index (χ1) is 8.59. The van der Waals surface area contributed by atoms with Gasteiger partial charge < -0.3 is 10.2 Å². The van der Waals surface area contributed by atoms with Crippen LogP contribution in [0.3, 0.4) is 0 Å². The van der Waals surface area contributed by atoms with Crippen molar-refractivity contribution in [2.75, 3.05) is 27.2 Å². The van der Waals surface area contributed by atoms with Gasteiger partial charge in [0.2, 0.25) is 5.91 Å². The van der Waals surface area contributed by atoms with Crippen molar-refractivity contribution in [2.45, 2.75) is 17.9 Å². The molecular weight excluding hydrogens is 244 g/mol. The highest BCUT2D eigenvalue weighted by molar-refractivity contribution is 7.99. The first-order valence-electron chi connectivity index (χ1n) is 6.17. The molecule has 0 bridgehead atoms. The summed E-state index contributed by atoms with van der Waals surface area (Å²) in [4.78, 5) is 13.9. The Hall–Kier alpha value is -1.00. The zero-order chi connectivity index (χ0) is 13.4. The topological polar surface area (TPSA) is 32.3 Å². The molecule has 1 aromatic carbocycles. The average Bonchev–Trinajstić information content (AvgIpc) is 2.36. The van der Waals surface area contributed by atoms with Gasteiger partial charge in [0.25, 0.3) is 0 Å². The molecular formula is C14H22N2OS. The first-order valence-corrected chi connectivity index (χ1v) is 7.22. The third-order valence-corrected chi connectivity index (χ3v) is 3.78. The van der Waals surface area contributed by atoms with Gasteiger partial charge in [0.1, 0.15) is 0 Å². The van der Waals surface area contributed by atoms with Crippen molar-refractivity contribution >= 4 is 17.7 Å². The number of nitrogens with zero attached hydrogens (tertiary/aromatic N) is 1. The summed E-state index contributed by atoms with van der Waals surface area (Å²) in [5.41, 5.74) is 1.26. The molecule has 100 valence electrons. The fraction of sp³-hybridized carbons (Fsp3) is 0.500. The zero-order valence-electron chi connectivity index (χ0n) is 11.3. The number of thioether (sulfide) groups is 1. The fourth-order valence-corrected chi connectivity index (χ4v) is 2.29. The average molecular weight is 266 g/mol. The fourth-order valence-electron chi connectivity index (χ4n) is 1.42. The summed E-state index contributed by atoms with van der Waals surface area (Å²) < 4.78 is 0. The van der Waals surface area contributed by atoms with E-state index in [1.807, 2.05) is 39.2 Å². The molecule has 1 N–H and O–H groups in total. The van der Waals surface area contributed by atoms with Gasteiger partial charge >= 0.3 is 0 Å². The second-order valence-corrected chi connectivity index (χ2v) is 5.86. The van der Waals surface area contributed by atoms with Crippen LogP contribution in [0.4, 0.5) is 0 Å². The van der Waals surface area contributed by atoms with Crippen molar-refractivity contribution in [3.8, 4) is 0 Å². The Morgan fingerprint density at radius 3 is 2.61 bits per heavy atom. The largest absolute Gasteiger partial charge is 0.354 e. The van der Waals surface area contributed by atoms with E-state index in [0.717, 1.165) is 12.3 Å². The van der Waals surface area contributed by atoms with Crippen LogP contribution >= 0.6 is 11.8 Å². The molecule has 0 fully saturated rings. The molecule has 3 nitrogen and oxygen atoms in total. The van der Waals surface area contributed by atoms with E-state index in [4.69, 9.17) is 0 Å². The number of rotatable bonds is 7. The van der Waals surface area contributed by atoms with Gasteiger partial charge in [0.15, 0.2) is 0 Å². The van der Waals surface area contributed by atoms with Gasteiger partial charge in [-0.15, -0.1) is 11.8 Å². The smallest absolute Gasteiger partial charge is 0.232 e. The summed E-state index contributed by atoms with van der Waals surface area (Å²) in [5.74, 6) is 1.00. The lowest BCUT2D eigenvalue weighted by Gasteiger charge is -2.14. The summed E-state index contributed by atoms with van der Waals surface area (Å²) in [5, 5.41) is 2.94. The molecule has 0 heterocycles. The normalized spacial score (nSPS) is 12.4. The van der Waals surface area contributed by atoms with Crippen LogP contribution in [0.1, 0.15) is 12.5 Å². The first kappa shape index (κ1) is 15.1. The SMILES string of the molecule is C[C@@H](SCc1ccccc1)C(=O)NCCN(C)C. The van der Waals surface area contributed by atoms with E-state index >= 15 is 0 Å². The number of carbonyl (C=O) groups excluding carboxylic acids is 1. The Morgan fingerprint density at radius 2 is 2.00 bits per heavy atom. The Bertz CT molecular complexity index is 354. The molecule has 0 unspecified atom stereocenters. The van der Waals surface area contributed by atoms with Gasteiger partial charge in [-0.3, -0.25) is 4.79 Å². The molecule has 0 radical (unpaired) electrons. The highest BCUT2D eigenvalue weighted by Gasteiger charge is 2.12. The highest BCUT2D eigenvalue weighted by Crippen LogP contribution is 2.17. The molecule has 4 heteroatoms. The number of nitrogens with one attached hydrogen (secondary N) is 1. The van der Waals surface area contributed by atoms with Gasteiger partial charge in [-0.25, -0.2) is 0 Å². The molecule has 0 saturated heterocycles. The van der Waals surface area contributed by atoms with Gasteiger partial charge in [-0.1, -0.05) is 30.3 Å². The van der Waals surface area contributed by atoms with Crippen LogP contribution in [-0.4, -0.2) is 43.2 Å². The maximum absolute atomic E-state index is 11.8. The van der Waals surface area contributed by atoms with Crippen LogP contribution in [0.25, 0.3) is 0 Å². The number of likely N-dealkylation sites (N-methyl/N-ethyl adjacent to an activating group) is 1. The minimum Gasteiger partial charge on any atom is -0.354 e.